The molecular formula is C20H18N4S. The van der Waals surface area contributed by atoms with Crippen molar-refractivity contribution in [2.45, 2.75) is 13.8 Å². The van der Waals surface area contributed by atoms with Gasteiger partial charge in [-0.15, -0.1) is 0 Å². The lowest BCUT2D eigenvalue weighted by Gasteiger charge is -2.11. The van der Waals surface area contributed by atoms with Crippen molar-refractivity contribution in [2.24, 2.45) is 7.05 Å². The zero-order chi connectivity index (χ0) is 17.6. The van der Waals surface area contributed by atoms with Gasteiger partial charge in [-0.25, -0.2) is 4.98 Å². The smallest absolute Gasteiger partial charge is 0.195 e. The Kier molecular flexibility index (Phi) is 3.73. The lowest BCUT2D eigenvalue weighted by Crippen LogP contribution is -1.97. The number of rotatable bonds is 2. The SMILES string of the molecule is Cc1ccc(-c2cc(-c3n[nH]c(=S)n3C)c3ccccc3n2)c(C)c1. The number of hydrogen-bond donors (Lipinski definition) is 1. The fraction of sp³-hybridized carbons (Fsp3) is 0.150. The average Bonchev–Trinajstić information content (AvgIpc) is 2.93. The van der Waals surface area contributed by atoms with Gasteiger partial charge >= 0.3 is 0 Å². The quantitative estimate of drug-likeness (QED) is 0.521. The molecule has 0 aliphatic rings. The molecule has 0 amide bonds. The summed E-state index contributed by atoms with van der Waals surface area (Å²) in [4.78, 5) is 4.89. The molecule has 0 saturated carbocycles. The van der Waals surface area contributed by atoms with Crippen LogP contribution in [0.25, 0.3) is 33.5 Å². The molecule has 4 nitrogen and oxygen atoms in total. The van der Waals surface area contributed by atoms with Crippen LogP contribution >= 0.6 is 12.2 Å². The first-order valence-corrected chi connectivity index (χ1v) is 8.54. The number of fused-ring (bicyclic) bond motifs is 1. The molecule has 1 N–H and O–H groups in total. The Labute approximate surface area is 151 Å². The third-order valence-electron chi connectivity index (χ3n) is 4.49. The van der Waals surface area contributed by atoms with Crippen LogP contribution in [-0.2, 0) is 7.05 Å². The van der Waals surface area contributed by atoms with E-state index in [1.807, 2.05) is 29.8 Å². The van der Waals surface area contributed by atoms with Crippen LogP contribution in [0.5, 0.6) is 0 Å². The van der Waals surface area contributed by atoms with E-state index in [0.717, 1.165) is 33.5 Å². The van der Waals surface area contributed by atoms with Crippen LogP contribution in [0.2, 0.25) is 0 Å². The van der Waals surface area contributed by atoms with Crippen molar-refractivity contribution in [3.05, 3.63) is 64.4 Å². The number of aromatic amines is 1. The number of nitrogens with zero attached hydrogens (tertiary/aromatic N) is 3. The van der Waals surface area contributed by atoms with Crippen molar-refractivity contribution in [1.29, 1.82) is 0 Å². The lowest BCUT2D eigenvalue weighted by molar-refractivity contribution is 0.902. The highest BCUT2D eigenvalue weighted by Crippen LogP contribution is 2.32. The number of para-hydroxylation sites is 1. The number of nitrogens with one attached hydrogen (secondary N) is 1. The molecule has 0 bridgehead atoms. The van der Waals surface area contributed by atoms with E-state index < -0.39 is 0 Å². The first-order valence-electron chi connectivity index (χ1n) is 8.14. The average molecular weight is 346 g/mol. The highest BCUT2D eigenvalue weighted by molar-refractivity contribution is 7.71. The Morgan fingerprint density at radius 2 is 1.80 bits per heavy atom. The predicted octanol–water partition coefficient (Wildman–Crippen LogP) is 4.98. The van der Waals surface area contributed by atoms with E-state index in [9.17, 15) is 0 Å². The summed E-state index contributed by atoms with van der Waals surface area (Å²) in [5.74, 6) is 0.814. The Morgan fingerprint density at radius 1 is 1.00 bits per heavy atom. The summed E-state index contributed by atoms with van der Waals surface area (Å²) in [6.07, 6.45) is 0. The predicted molar refractivity (Wildman–Crippen MR) is 104 cm³/mol. The van der Waals surface area contributed by atoms with Crippen LogP contribution in [0.3, 0.4) is 0 Å². The van der Waals surface area contributed by atoms with Gasteiger partial charge in [0.1, 0.15) is 0 Å². The van der Waals surface area contributed by atoms with Gasteiger partial charge < -0.3 is 4.57 Å². The lowest BCUT2D eigenvalue weighted by atomic mass is 9.99. The first kappa shape index (κ1) is 15.7. The maximum Gasteiger partial charge on any atom is 0.195 e. The maximum atomic E-state index is 5.29. The minimum absolute atomic E-state index is 0.601. The zero-order valence-electron chi connectivity index (χ0n) is 14.4. The highest BCUT2D eigenvalue weighted by atomic mass is 32.1. The van der Waals surface area contributed by atoms with Gasteiger partial charge in [0.25, 0.3) is 0 Å². The zero-order valence-corrected chi connectivity index (χ0v) is 15.2. The van der Waals surface area contributed by atoms with Crippen LogP contribution < -0.4 is 0 Å². The van der Waals surface area contributed by atoms with Gasteiger partial charge in [-0.2, -0.15) is 5.10 Å². The fourth-order valence-electron chi connectivity index (χ4n) is 3.19. The van der Waals surface area contributed by atoms with Crippen LogP contribution in [0.15, 0.2) is 48.5 Å². The molecule has 25 heavy (non-hydrogen) atoms. The molecule has 2 heterocycles. The molecule has 5 heteroatoms. The molecule has 0 radical (unpaired) electrons. The second-order valence-electron chi connectivity index (χ2n) is 6.30. The molecule has 0 spiro atoms. The molecule has 0 aliphatic carbocycles. The summed E-state index contributed by atoms with van der Waals surface area (Å²) < 4.78 is 2.49. The van der Waals surface area contributed by atoms with Crippen molar-refractivity contribution in [1.82, 2.24) is 19.7 Å². The van der Waals surface area contributed by atoms with E-state index in [4.69, 9.17) is 17.2 Å². The Morgan fingerprint density at radius 3 is 2.52 bits per heavy atom. The normalized spacial score (nSPS) is 11.2. The van der Waals surface area contributed by atoms with Crippen LogP contribution in [-0.4, -0.2) is 19.7 Å². The number of hydrogen-bond acceptors (Lipinski definition) is 3. The summed E-state index contributed by atoms with van der Waals surface area (Å²) in [7, 11) is 1.92. The molecule has 4 rings (SSSR count). The topological polar surface area (TPSA) is 46.5 Å². The van der Waals surface area contributed by atoms with Crippen molar-refractivity contribution >= 4 is 23.1 Å². The summed E-state index contributed by atoms with van der Waals surface area (Å²) in [5, 5.41) is 8.36. The molecule has 124 valence electrons. The van der Waals surface area contributed by atoms with Crippen molar-refractivity contribution < 1.29 is 0 Å². The molecule has 0 fully saturated rings. The number of H-pyrrole nitrogens is 1. The maximum absolute atomic E-state index is 5.29. The van der Waals surface area contributed by atoms with Crippen molar-refractivity contribution in [3.63, 3.8) is 0 Å². The molecule has 4 aromatic rings. The standard InChI is InChI=1S/C20H18N4S/c1-12-8-9-14(13(2)10-12)18-11-16(19-22-23-20(25)24(19)3)15-6-4-5-7-17(15)21-18/h4-11H,1-3H3,(H,23,25). The van der Waals surface area contributed by atoms with Crippen molar-refractivity contribution in [2.75, 3.05) is 0 Å². The molecule has 2 aromatic heterocycles. The van der Waals surface area contributed by atoms with Gasteiger partial charge in [0.2, 0.25) is 0 Å². The van der Waals surface area contributed by atoms with Crippen LogP contribution in [0.4, 0.5) is 0 Å². The Hall–Kier alpha value is -2.79. The van der Waals surface area contributed by atoms with Gasteiger partial charge in [-0.05, 0) is 43.8 Å². The number of benzene rings is 2. The second kappa shape index (κ2) is 5.93. The number of aryl methyl sites for hydroxylation is 2. The van der Waals surface area contributed by atoms with E-state index in [1.54, 1.807) is 0 Å². The van der Waals surface area contributed by atoms with Gasteiger partial charge in [-0.1, -0.05) is 42.0 Å². The highest BCUT2D eigenvalue weighted by Gasteiger charge is 2.14. The van der Waals surface area contributed by atoms with Gasteiger partial charge in [-0.3, -0.25) is 5.10 Å². The van der Waals surface area contributed by atoms with Crippen molar-refractivity contribution in [3.8, 4) is 22.6 Å². The van der Waals surface area contributed by atoms with Gasteiger partial charge in [0.05, 0.1) is 11.2 Å². The largest absolute Gasteiger partial charge is 0.303 e. The van der Waals surface area contributed by atoms with E-state index in [0.29, 0.717) is 4.77 Å². The molecular weight excluding hydrogens is 328 g/mol. The minimum atomic E-state index is 0.601. The fourth-order valence-corrected chi connectivity index (χ4v) is 3.32. The number of pyridine rings is 1. The molecule has 0 saturated heterocycles. The van der Waals surface area contributed by atoms with E-state index in [-0.39, 0.29) is 0 Å². The molecule has 0 unspecified atom stereocenters. The summed E-state index contributed by atoms with van der Waals surface area (Å²) in [6, 6.07) is 16.7. The van der Waals surface area contributed by atoms with Crippen LogP contribution in [0.1, 0.15) is 11.1 Å². The van der Waals surface area contributed by atoms with E-state index in [1.165, 1.54) is 11.1 Å². The minimum Gasteiger partial charge on any atom is -0.303 e. The van der Waals surface area contributed by atoms with Crippen LogP contribution in [0, 0.1) is 18.6 Å². The summed E-state index contributed by atoms with van der Waals surface area (Å²) in [5.41, 5.74) is 6.51. The summed E-state index contributed by atoms with van der Waals surface area (Å²) >= 11 is 5.29. The first-order chi connectivity index (χ1) is 12.0. The molecule has 0 aliphatic heterocycles. The van der Waals surface area contributed by atoms with E-state index >= 15 is 0 Å². The monoisotopic (exact) mass is 346 g/mol. The van der Waals surface area contributed by atoms with Gasteiger partial charge in [0, 0.05) is 23.6 Å². The third-order valence-corrected chi connectivity index (χ3v) is 4.86. The number of aromatic nitrogens is 4. The Bertz CT molecular complexity index is 1150. The summed E-state index contributed by atoms with van der Waals surface area (Å²) in [6.45, 7) is 4.22. The second-order valence-corrected chi connectivity index (χ2v) is 6.69. The molecule has 0 atom stereocenters. The van der Waals surface area contributed by atoms with E-state index in [2.05, 4.69) is 54.4 Å². The molecule has 2 aromatic carbocycles. The Balaban J connectivity index is 2.05. The van der Waals surface area contributed by atoms with Gasteiger partial charge in [0.15, 0.2) is 10.6 Å². The third kappa shape index (κ3) is 2.66.